The van der Waals surface area contributed by atoms with Gasteiger partial charge in [-0.2, -0.15) is 5.26 Å². The van der Waals surface area contributed by atoms with E-state index in [-0.39, 0.29) is 18.5 Å². The third kappa shape index (κ3) is 4.78. The van der Waals surface area contributed by atoms with E-state index in [4.69, 9.17) is 10.00 Å². The van der Waals surface area contributed by atoms with Crippen LogP contribution in [-0.4, -0.2) is 55.1 Å². The first kappa shape index (κ1) is 19.6. The summed E-state index contributed by atoms with van der Waals surface area (Å²) in [5.41, 5.74) is 1.78. The summed E-state index contributed by atoms with van der Waals surface area (Å²) in [5.74, 6) is 1.53. The second kappa shape index (κ2) is 9.72. The molecule has 0 aliphatic carbocycles. The summed E-state index contributed by atoms with van der Waals surface area (Å²) in [4.78, 5) is 18.5. The number of ether oxygens (including phenoxy) is 1. The van der Waals surface area contributed by atoms with Crippen molar-refractivity contribution >= 4 is 11.7 Å². The van der Waals surface area contributed by atoms with Gasteiger partial charge in [0.05, 0.1) is 25.4 Å². The molecule has 1 aromatic carbocycles. The molecule has 0 spiro atoms. The van der Waals surface area contributed by atoms with Crippen LogP contribution in [-0.2, 0) is 4.79 Å². The van der Waals surface area contributed by atoms with Crippen molar-refractivity contribution in [2.24, 2.45) is 0 Å². The van der Waals surface area contributed by atoms with Gasteiger partial charge in [0.1, 0.15) is 17.6 Å². The van der Waals surface area contributed by atoms with Gasteiger partial charge in [-0.15, -0.1) is 0 Å². The number of pyridine rings is 1. The minimum Gasteiger partial charge on any atom is -0.496 e. The molecule has 1 saturated heterocycles. The number of rotatable bonds is 8. The zero-order valence-electron chi connectivity index (χ0n) is 16.0. The fourth-order valence-corrected chi connectivity index (χ4v) is 3.31. The van der Waals surface area contributed by atoms with E-state index in [1.54, 1.807) is 12.0 Å². The maximum Gasteiger partial charge on any atom is 0.237 e. The standard InChI is InChI=1S/C21H25N5O2/c1-28-19-9-3-2-7-17(19)18-8-4-10-20(25-18)24-12-11-23-15-21(27)26-13-5-6-16(26)14-22/h2-4,7-10,16,23H,5-6,11-13,15H2,1H3,(H,24,25)/t16-/m0/s1. The Labute approximate surface area is 165 Å². The highest BCUT2D eigenvalue weighted by Gasteiger charge is 2.27. The van der Waals surface area contributed by atoms with Crippen LogP contribution in [0.3, 0.4) is 0 Å². The molecular weight excluding hydrogens is 354 g/mol. The molecule has 1 fully saturated rings. The van der Waals surface area contributed by atoms with Gasteiger partial charge in [-0.3, -0.25) is 4.79 Å². The first-order chi connectivity index (χ1) is 13.7. The Hall–Kier alpha value is -3.11. The summed E-state index contributed by atoms with van der Waals surface area (Å²) in [5, 5.41) is 15.5. The van der Waals surface area contributed by atoms with Crippen LogP contribution in [0.25, 0.3) is 11.3 Å². The number of nitrogens with zero attached hydrogens (tertiary/aromatic N) is 3. The van der Waals surface area contributed by atoms with E-state index in [0.717, 1.165) is 35.7 Å². The summed E-state index contributed by atoms with van der Waals surface area (Å²) in [6.45, 7) is 2.18. The molecule has 1 aliphatic heterocycles. The number of hydrogen-bond acceptors (Lipinski definition) is 6. The Balaban J connectivity index is 1.47. The van der Waals surface area contributed by atoms with Crippen LogP contribution >= 0.6 is 0 Å². The van der Waals surface area contributed by atoms with Crippen molar-refractivity contribution in [3.8, 4) is 23.1 Å². The fraction of sp³-hybridized carbons (Fsp3) is 0.381. The molecule has 2 N–H and O–H groups in total. The van der Waals surface area contributed by atoms with Crippen molar-refractivity contribution in [1.29, 1.82) is 5.26 Å². The van der Waals surface area contributed by atoms with Gasteiger partial charge < -0.3 is 20.3 Å². The molecule has 3 rings (SSSR count). The van der Waals surface area contributed by atoms with Crippen molar-refractivity contribution in [2.75, 3.05) is 38.6 Å². The molecule has 1 aromatic heterocycles. The van der Waals surface area contributed by atoms with Gasteiger partial charge in [-0.05, 0) is 37.1 Å². The van der Waals surface area contributed by atoms with Gasteiger partial charge in [0.15, 0.2) is 0 Å². The minimum absolute atomic E-state index is 0.0136. The lowest BCUT2D eigenvalue weighted by atomic mass is 10.1. The second-order valence-corrected chi connectivity index (χ2v) is 6.59. The maximum absolute atomic E-state index is 12.2. The molecular formula is C21H25N5O2. The monoisotopic (exact) mass is 379 g/mol. The smallest absolute Gasteiger partial charge is 0.237 e. The van der Waals surface area contributed by atoms with Crippen molar-refractivity contribution in [2.45, 2.75) is 18.9 Å². The van der Waals surface area contributed by atoms with Gasteiger partial charge in [0, 0.05) is 25.2 Å². The Morgan fingerprint density at radius 1 is 1.29 bits per heavy atom. The number of likely N-dealkylation sites (tertiary alicyclic amines) is 1. The Morgan fingerprint density at radius 2 is 2.14 bits per heavy atom. The molecule has 7 heteroatoms. The number of nitrogens with one attached hydrogen (secondary N) is 2. The molecule has 7 nitrogen and oxygen atoms in total. The Bertz CT molecular complexity index is 849. The van der Waals surface area contributed by atoms with Gasteiger partial charge in [-0.1, -0.05) is 18.2 Å². The lowest BCUT2D eigenvalue weighted by Gasteiger charge is -2.19. The van der Waals surface area contributed by atoms with E-state index in [9.17, 15) is 4.79 Å². The van der Waals surface area contributed by atoms with Crippen LogP contribution in [0.1, 0.15) is 12.8 Å². The number of carbonyl (C=O) groups is 1. The predicted octanol–water partition coefficient (Wildman–Crippen LogP) is 2.27. The highest BCUT2D eigenvalue weighted by Crippen LogP contribution is 2.28. The number of aromatic nitrogens is 1. The lowest BCUT2D eigenvalue weighted by Crippen LogP contribution is -2.41. The van der Waals surface area contributed by atoms with Crippen LogP contribution in [0.4, 0.5) is 5.82 Å². The SMILES string of the molecule is COc1ccccc1-c1cccc(NCCNCC(=O)N2CCC[C@H]2C#N)n1. The number of nitriles is 1. The first-order valence-electron chi connectivity index (χ1n) is 9.47. The third-order valence-electron chi connectivity index (χ3n) is 4.74. The number of hydrogen-bond donors (Lipinski definition) is 2. The molecule has 28 heavy (non-hydrogen) atoms. The first-order valence-corrected chi connectivity index (χ1v) is 9.47. The molecule has 2 aromatic rings. The highest BCUT2D eigenvalue weighted by atomic mass is 16.5. The average molecular weight is 379 g/mol. The average Bonchev–Trinajstić information content (AvgIpc) is 3.22. The Kier molecular flexibility index (Phi) is 6.82. The van der Waals surface area contributed by atoms with E-state index in [2.05, 4.69) is 21.7 Å². The largest absolute Gasteiger partial charge is 0.496 e. The van der Waals surface area contributed by atoms with Crippen LogP contribution < -0.4 is 15.4 Å². The number of anilines is 1. The minimum atomic E-state index is -0.269. The fourth-order valence-electron chi connectivity index (χ4n) is 3.31. The molecule has 1 atom stereocenters. The zero-order valence-corrected chi connectivity index (χ0v) is 16.0. The van der Waals surface area contributed by atoms with Gasteiger partial charge in [0.25, 0.3) is 0 Å². The normalized spacial score (nSPS) is 15.9. The van der Waals surface area contributed by atoms with Crippen molar-refractivity contribution < 1.29 is 9.53 Å². The lowest BCUT2D eigenvalue weighted by molar-refractivity contribution is -0.130. The molecule has 0 radical (unpaired) electrons. The van der Waals surface area contributed by atoms with E-state index in [1.165, 1.54) is 0 Å². The zero-order chi connectivity index (χ0) is 19.8. The number of benzene rings is 1. The van der Waals surface area contributed by atoms with E-state index in [1.807, 2.05) is 42.5 Å². The van der Waals surface area contributed by atoms with Gasteiger partial charge >= 0.3 is 0 Å². The van der Waals surface area contributed by atoms with Crippen molar-refractivity contribution in [1.82, 2.24) is 15.2 Å². The molecule has 1 aliphatic rings. The van der Waals surface area contributed by atoms with Crippen LogP contribution in [0, 0.1) is 11.3 Å². The number of amides is 1. The van der Waals surface area contributed by atoms with Gasteiger partial charge in [-0.25, -0.2) is 4.98 Å². The summed E-state index contributed by atoms with van der Waals surface area (Å²) in [6, 6.07) is 15.5. The summed E-state index contributed by atoms with van der Waals surface area (Å²) >= 11 is 0. The quantitative estimate of drug-likeness (QED) is 0.684. The number of carbonyl (C=O) groups excluding carboxylic acids is 1. The van der Waals surface area contributed by atoms with Crippen LogP contribution in [0.5, 0.6) is 5.75 Å². The van der Waals surface area contributed by atoms with E-state index >= 15 is 0 Å². The van der Waals surface area contributed by atoms with E-state index in [0.29, 0.717) is 19.6 Å². The highest BCUT2D eigenvalue weighted by molar-refractivity contribution is 5.79. The number of para-hydroxylation sites is 1. The second-order valence-electron chi connectivity index (χ2n) is 6.59. The summed E-state index contributed by atoms with van der Waals surface area (Å²) in [7, 11) is 1.65. The predicted molar refractivity (Wildman–Crippen MR) is 108 cm³/mol. The van der Waals surface area contributed by atoms with Gasteiger partial charge in [0.2, 0.25) is 5.91 Å². The molecule has 2 heterocycles. The molecule has 1 amide bonds. The Morgan fingerprint density at radius 3 is 2.96 bits per heavy atom. The van der Waals surface area contributed by atoms with Crippen molar-refractivity contribution in [3.05, 3.63) is 42.5 Å². The van der Waals surface area contributed by atoms with E-state index < -0.39 is 0 Å². The van der Waals surface area contributed by atoms with Crippen molar-refractivity contribution in [3.63, 3.8) is 0 Å². The molecule has 0 unspecified atom stereocenters. The maximum atomic E-state index is 12.2. The topological polar surface area (TPSA) is 90.3 Å². The third-order valence-corrected chi connectivity index (χ3v) is 4.74. The summed E-state index contributed by atoms with van der Waals surface area (Å²) in [6.07, 6.45) is 1.68. The summed E-state index contributed by atoms with van der Waals surface area (Å²) < 4.78 is 5.41. The molecule has 0 bridgehead atoms. The van der Waals surface area contributed by atoms with Crippen LogP contribution in [0.2, 0.25) is 0 Å². The number of methoxy groups -OCH3 is 1. The molecule has 0 saturated carbocycles. The van der Waals surface area contributed by atoms with Crippen LogP contribution in [0.15, 0.2) is 42.5 Å². The molecule has 146 valence electrons.